The molecule has 0 saturated heterocycles. The second-order valence-corrected chi connectivity index (χ2v) is 8.18. The van der Waals surface area contributed by atoms with Crippen LogP contribution in [0.25, 0.3) is 0 Å². The van der Waals surface area contributed by atoms with Gasteiger partial charge in [-0.15, -0.1) is 0 Å². The molecule has 1 N–H and O–H groups in total. The zero-order valence-electron chi connectivity index (χ0n) is 18.5. The Labute approximate surface area is 189 Å². The Morgan fingerprint density at radius 2 is 2.00 bits per heavy atom. The first-order chi connectivity index (χ1) is 15.7. The monoisotopic (exact) mass is 430 g/mol. The first-order valence-electron chi connectivity index (χ1n) is 11.2. The fraction of sp³-hybridized carbons (Fsp3) is 0.346. The van der Waals surface area contributed by atoms with Crippen LogP contribution in [0.2, 0.25) is 0 Å². The highest BCUT2D eigenvalue weighted by Crippen LogP contribution is 2.23. The van der Waals surface area contributed by atoms with Gasteiger partial charge in [0.2, 0.25) is 0 Å². The van der Waals surface area contributed by atoms with Gasteiger partial charge in [0.05, 0.1) is 6.61 Å². The van der Waals surface area contributed by atoms with E-state index in [1.54, 1.807) is 11.1 Å². The SMILES string of the molecule is CN1CCc2cc(OCCCNC(CCc3cccnc3)c3ccncc3)ccc2C1=O. The number of ether oxygens (including phenoxy) is 1. The zero-order valence-corrected chi connectivity index (χ0v) is 18.5. The number of pyridine rings is 2. The summed E-state index contributed by atoms with van der Waals surface area (Å²) >= 11 is 0. The Hall–Kier alpha value is -3.25. The minimum absolute atomic E-state index is 0.0930. The van der Waals surface area contributed by atoms with E-state index in [1.807, 2.05) is 49.9 Å². The number of rotatable bonds is 10. The third-order valence-corrected chi connectivity index (χ3v) is 5.90. The highest BCUT2D eigenvalue weighted by molar-refractivity contribution is 5.96. The Morgan fingerprint density at radius 1 is 1.12 bits per heavy atom. The molecule has 0 spiro atoms. The van der Waals surface area contributed by atoms with Crippen LogP contribution in [-0.4, -0.2) is 47.5 Å². The van der Waals surface area contributed by atoms with Crippen LogP contribution >= 0.6 is 0 Å². The molecule has 1 amide bonds. The van der Waals surface area contributed by atoms with Crippen molar-refractivity contribution in [1.82, 2.24) is 20.2 Å². The number of amides is 1. The summed E-state index contributed by atoms with van der Waals surface area (Å²) in [6.07, 6.45) is 11.2. The molecule has 166 valence electrons. The third-order valence-electron chi connectivity index (χ3n) is 5.90. The minimum Gasteiger partial charge on any atom is -0.494 e. The van der Waals surface area contributed by atoms with Gasteiger partial charge in [0.25, 0.3) is 5.91 Å². The summed E-state index contributed by atoms with van der Waals surface area (Å²) in [5.41, 5.74) is 4.36. The summed E-state index contributed by atoms with van der Waals surface area (Å²) in [7, 11) is 1.85. The van der Waals surface area contributed by atoms with Crippen molar-refractivity contribution in [2.45, 2.75) is 31.7 Å². The van der Waals surface area contributed by atoms with Gasteiger partial charge < -0.3 is 15.0 Å². The van der Waals surface area contributed by atoms with Crippen molar-refractivity contribution in [1.29, 1.82) is 0 Å². The Kier molecular flexibility index (Phi) is 7.46. The third kappa shape index (κ3) is 5.71. The van der Waals surface area contributed by atoms with Gasteiger partial charge in [-0.25, -0.2) is 0 Å². The molecule has 0 aliphatic carbocycles. The van der Waals surface area contributed by atoms with E-state index >= 15 is 0 Å². The number of likely N-dealkylation sites (N-methyl/N-ethyl adjacent to an activating group) is 1. The lowest BCUT2D eigenvalue weighted by molar-refractivity contribution is 0.0781. The highest BCUT2D eigenvalue weighted by atomic mass is 16.5. The molecule has 32 heavy (non-hydrogen) atoms. The number of aromatic nitrogens is 2. The lowest BCUT2D eigenvalue weighted by atomic mass is 9.99. The van der Waals surface area contributed by atoms with Gasteiger partial charge in [-0.3, -0.25) is 14.8 Å². The predicted octanol–water partition coefficient (Wildman–Crippen LogP) is 3.84. The standard InChI is InChI=1S/C26H30N4O2/c1-30-16-11-22-18-23(6-7-24(22)26(30)31)32-17-3-13-29-25(21-9-14-27-15-10-21)8-5-20-4-2-12-28-19-20/h2,4,6-7,9-10,12,14-15,18-19,25,29H,3,5,8,11,13,16-17H2,1H3. The summed E-state index contributed by atoms with van der Waals surface area (Å²) in [5, 5.41) is 3.67. The number of nitrogens with zero attached hydrogens (tertiary/aromatic N) is 3. The number of aryl methyl sites for hydroxylation is 1. The van der Waals surface area contributed by atoms with Gasteiger partial charge in [0.15, 0.2) is 0 Å². The van der Waals surface area contributed by atoms with E-state index in [0.717, 1.165) is 55.6 Å². The van der Waals surface area contributed by atoms with Gasteiger partial charge in [0.1, 0.15) is 5.75 Å². The molecule has 1 aromatic carbocycles. The molecule has 1 unspecified atom stereocenters. The van der Waals surface area contributed by atoms with Crippen molar-refractivity contribution in [3.8, 4) is 5.75 Å². The summed E-state index contributed by atoms with van der Waals surface area (Å²) < 4.78 is 5.97. The topological polar surface area (TPSA) is 67.3 Å². The summed E-state index contributed by atoms with van der Waals surface area (Å²) in [6.45, 7) is 2.24. The molecule has 0 fully saturated rings. The quantitative estimate of drug-likeness (QED) is 0.495. The van der Waals surface area contributed by atoms with E-state index in [4.69, 9.17) is 4.74 Å². The predicted molar refractivity (Wildman–Crippen MR) is 125 cm³/mol. The maximum Gasteiger partial charge on any atom is 0.253 e. The zero-order chi connectivity index (χ0) is 22.2. The van der Waals surface area contributed by atoms with Crippen LogP contribution in [0.3, 0.4) is 0 Å². The second-order valence-electron chi connectivity index (χ2n) is 8.18. The first kappa shape index (κ1) is 22.0. The van der Waals surface area contributed by atoms with E-state index in [0.29, 0.717) is 6.61 Å². The van der Waals surface area contributed by atoms with E-state index in [9.17, 15) is 4.79 Å². The van der Waals surface area contributed by atoms with Crippen LogP contribution in [0, 0.1) is 0 Å². The van der Waals surface area contributed by atoms with E-state index in [-0.39, 0.29) is 11.9 Å². The number of fused-ring (bicyclic) bond motifs is 1. The normalized spacial score (nSPS) is 14.2. The van der Waals surface area contributed by atoms with Crippen molar-refractivity contribution >= 4 is 5.91 Å². The lowest BCUT2D eigenvalue weighted by Gasteiger charge is -2.25. The maximum atomic E-state index is 12.2. The van der Waals surface area contributed by atoms with Crippen molar-refractivity contribution in [3.05, 3.63) is 89.5 Å². The van der Waals surface area contributed by atoms with Gasteiger partial charge >= 0.3 is 0 Å². The Balaban J connectivity index is 1.26. The minimum atomic E-state index is 0.0930. The van der Waals surface area contributed by atoms with E-state index in [1.165, 1.54) is 11.1 Å². The molecule has 3 heterocycles. The average Bonchev–Trinajstić information content (AvgIpc) is 2.84. The van der Waals surface area contributed by atoms with Crippen LogP contribution in [0.1, 0.15) is 45.9 Å². The smallest absolute Gasteiger partial charge is 0.253 e. The fourth-order valence-electron chi connectivity index (χ4n) is 4.05. The van der Waals surface area contributed by atoms with Crippen molar-refractivity contribution in [2.75, 3.05) is 26.7 Å². The molecular weight excluding hydrogens is 400 g/mol. The molecule has 6 nitrogen and oxygen atoms in total. The van der Waals surface area contributed by atoms with Gasteiger partial charge in [-0.1, -0.05) is 6.07 Å². The second kappa shape index (κ2) is 10.9. The molecule has 2 aromatic heterocycles. The fourth-order valence-corrected chi connectivity index (χ4v) is 4.05. The molecule has 4 rings (SSSR count). The van der Waals surface area contributed by atoms with E-state index in [2.05, 4.69) is 33.5 Å². The average molecular weight is 431 g/mol. The Bertz CT molecular complexity index is 1010. The first-order valence-corrected chi connectivity index (χ1v) is 11.2. The highest BCUT2D eigenvalue weighted by Gasteiger charge is 2.21. The number of carbonyl (C=O) groups excluding carboxylic acids is 1. The number of hydrogen-bond acceptors (Lipinski definition) is 5. The number of benzene rings is 1. The number of hydrogen-bond donors (Lipinski definition) is 1. The number of nitrogens with one attached hydrogen (secondary N) is 1. The molecule has 1 aliphatic heterocycles. The molecule has 0 saturated carbocycles. The molecule has 1 atom stereocenters. The Morgan fingerprint density at radius 3 is 2.81 bits per heavy atom. The van der Waals surface area contributed by atoms with Crippen LogP contribution in [0.5, 0.6) is 5.75 Å². The van der Waals surface area contributed by atoms with Crippen LogP contribution in [0.15, 0.2) is 67.3 Å². The van der Waals surface area contributed by atoms with Gasteiger partial charge in [-0.2, -0.15) is 0 Å². The summed E-state index contributed by atoms with van der Waals surface area (Å²) in [6, 6.07) is 14.3. The molecule has 3 aromatic rings. The molecule has 1 aliphatic rings. The van der Waals surface area contributed by atoms with Crippen LogP contribution in [-0.2, 0) is 12.8 Å². The molecular formula is C26H30N4O2. The van der Waals surface area contributed by atoms with Gasteiger partial charge in [0, 0.05) is 50.0 Å². The molecule has 0 radical (unpaired) electrons. The van der Waals surface area contributed by atoms with Crippen LogP contribution in [0.4, 0.5) is 0 Å². The van der Waals surface area contributed by atoms with Crippen molar-refractivity contribution in [2.24, 2.45) is 0 Å². The van der Waals surface area contributed by atoms with Crippen LogP contribution < -0.4 is 10.1 Å². The van der Waals surface area contributed by atoms with Crippen molar-refractivity contribution in [3.63, 3.8) is 0 Å². The summed E-state index contributed by atoms with van der Waals surface area (Å²) in [5.74, 6) is 0.929. The van der Waals surface area contributed by atoms with E-state index < -0.39 is 0 Å². The lowest BCUT2D eigenvalue weighted by Crippen LogP contribution is -2.34. The van der Waals surface area contributed by atoms with Gasteiger partial charge in [-0.05, 0) is 85.3 Å². The van der Waals surface area contributed by atoms with Crippen molar-refractivity contribution < 1.29 is 9.53 Å². The number of carbonyl (C=O) groups is 1. The molecule has 0 bridgehead atoms. The largest absolute Gasteiger partial charge is 0.494 e. The molecule has 6 heteroatoms. The summed E-state index contributed by atoms with van der Waals surface area (Å²) in [4.78, 5) is 22.4. The maximum absolute atomic E-state index is 12.2.